The predicted molar refractivity (Wildman–Crippen MR) is 33.3 cm³/mol. The molecule has 3 nitrogen and oxygen atoms in total. The molecule has 0 unspecified atom stereocenters. The van der Waals surface area contributed by atoms with Crippen LogP contribution in [0.3, 0.4) is 0 Å². The monoisotopic (exact) mass is 155 g/mol. The van der Waals surface area contributed by atoms with Gasteiger partial charge in [0, 0.05) is 6.07 Å². The van der Waals surface area contributed by atoms with Crippen LogP contribution in [0.25, 0.3) is 0 Å². The second kappa shape index (κ2) is 2.50. The van der Waals surface area contributed by atoms with Gasteiger partial charge in [0.1, 0.15) is 11.8 Å². The molecule has 56 valence electrons. The van der Waals surface area contributed by atoms with E-state index >= 15 is 0 Å². The second-order valence-electron chi connectivity index (χ2n) is 1.81. The van der Waals surface area contributed by atoms with E-state index in [-0.39, 0.29) is 5.69 Å². The molecule has 0 saturated heterocycles. The van der Waals surface area contributed by atoms with Crippen LogP contribution in [0.1, 0.15) is 5.69 Å². The number of aromatic nitrogens is 1. The predicted octanol–water partition coefficient (Wildman–Crippen LogP) is 0.814. The SMILES string of the molecule is N#Cc1cc(N)c(F)c(F)n1. The van der Waals surface area contributed by atoms with Crippen molar-refractivity contribution in [3.8, 4) is 6.07 Å². The van der Waals surface area contributed by atoms with E-state index < -0.39 is 17.5 Å². The maximum atomic E-state index is 12.4. The van der Waals surface area contributed by atoms with Crippen molar-refractivity contribution in [1.82, 2.24) is 4.98 Å². The van der Waals surface area contributed by atoms with Crippen LogP contribution in [0, 0.1) is 23.1 Å². The van der Waals surface area contributed by atoms with E-state index in [9.17, 15) is 8.78 Å². The first-order valence-electron chi connectivity index (χ1n) is 2.66. The van der Waals surface area contributed by atoms with Gasteiger partial charge in [0.15, 0.2) is 0 Å². The molecule has 0 amide bonds. The van der Waals surface area contributed by atoms with Gasteiger partial charge in [0.05, 0.1) is 5.69 Å². The maximum absolute atomic E-state index is 12.4. The lowest BCUT2D eigenvalue weighted by atomic mass is 10.3. The van der Waals surface area contributed by atoms with Crippen LogP contribution in [0.5, 0.6) is 0 Å². The third kappa shape index (κ3) is 1.24. The van der Waals surface area contributed by atoms with E-state index in [0.29, 0.717) is 0 Å². The minimum Gasteiger partial charge on any atom is -0.396 e. The molecule has 0 bridgehead atoms. The van der Waals surface area contributed by atoms with E-state index in [1.165, 1.54) is 6.07 Å². The van der Waals surface area contributed by atoms with Crippen LogP contribution in [0.4, 0.5) is 14.5 Å². The van der Waals surface area contributed by atoms with Crippen molar-refractivity contribution < 1.29 is 8.78 Å². The maximum Gasteiger partial charge on any atom is 0.252 e. The van der Waals surface area contributed by atoms with Crippen LogP contribution < -0.4 is 5.73 Å². The van der Waals surface area contributed by atoms with Gasteiger partial charge in [-0.1, -0.05) is 0 Å². The molecule has 11 heavy (non-hydrogen) atoms. The number of rotatable bonds is 0. The quantitative estimate of drug-likeness (QED) is 0.564. The molecule has 1 heterocycles. The smallest absolute Gasteiger partial charge is 0.252 e. The Balaban J connectivity index is 3.35. The van der Waals surface area contributed by atoms with Crippen molar-refractivity contribution in [2.45, 2.75) is 0 Å². The Kier molecular flexibility index (Phi) is 1.68. The molecule has 2 N–H and O–H groups in total. The molecule has 0 aromatic carbocycles. The third-order valence-corrected chi connectivity index (χ3v) is 1.06. The van der Waals surface area contributed by atoms with Crippen molar-refractivity contribution in [2.24, 2.45) is 0 Å². The van der Waals surface area contributed by atoms with Gasteiger partial charge in [-0.3, -0.25) is 0 Å². The molecule has 0 saturated carbocycles. The summed E-state index contributed by atoms with van der Waals surface area (Å²) < 4.78 is 24.7. The fourth-order valence-corrected chi connectivity index (χ4v) is 0.574. The number of anilines is 1. The molecular weight excluding hydrogens is 152 g/mol. The molecule has 0 aliphatic heterocycles. The zero-order valence-electron chi connectivity index (χ0n) is 5.31. The van der Waals surface area contributed by atoms with Crippen molar-refractivity contribution in [3.05, 3.63) is 23.5 Å². The Hall–Kier alpha value is -1.70. The molecule has 0 fully saturated rings. The summed E-state index contributed by atoms with van der Waals surface area (Å²) in [7, 11) is 0. The lowest BCUT2D eigenvalue weighted by molar-refractivity contribution is 0.481. The summed E-state index contributed by atoms with van der Waals surface area (Å²) in [5.41, 5.74) is 4.35. The van der Waals surface area contributed by atoms with Crippen LogP contribution in [0.2, 0.25) is 0 Å². The van der Waals surface area contributed by atoms with Crippen LogP contribution in [-0.2, 0) is 0 Å². The van der Waals surface area contributed by atoms with Gasteiger partial charge in [0.2, 0.25) is 5.82 Å². The van der Waals surface area contributed by atoms with Gasteiger partial charge in [-0.05, 0) is 0 Å². The van der Waals surface area contributed by atoms with E-state index in [0.717, 1.165) is 6.07 Å². The minimum atomic E-state index is -1.35. The van der Waals surface area contributed by atoms with Gasteiger partial charge in [0.25, 0.3) is 5.95 Å². The highest BCUT2D eigenvalue weighted by atomic mass is 19.2. The Morgan fingerprint density at radius 3 is 2.64 bits per heavy atom. The lowest BCUT2D eigenvalue weighted by Gasteiger charge is -1.95. The summed E-state index contributed by atoms with van der Waals surface area (Å²) in [5.74, 6) is -2.56. The molecule has 1 aromatic heterocycles. The first-order valence-corrected chi connectivity index (χ1v) is 2.66. The number of pyridine rings is 1. The zero-order valence-corrected chi connectivity index (χ0v) is 5.31. The zero-order chi connectivity index (χ0) is 8.43. The first-order chi connectivity index (χ1) is 5.15. The number of hydrogen-bond donors (Lipinski definition) is 1. The van der Waals surface area contributed by atoms with Gasteiger partial charge >= 0.3 is 0 Å². The van der Waals surface area contributed by atoms with Crippen molar-refractivity contribution in [1.29, 1.82) is 5.26 Å². The average Bonchev–Trinajstić information content (AvgIpc) is 1.99. The fraction of sp³-hybridized carbons (Fsp3) is 0. The Morgan fingerprint density at radius 1 is 1.55 bits per heavy atom. The highest BCUT2D eigenvalue weighted by Gasteiger charge is 2.08. The van der Waals surface area contributed by atoms with Crippen molar-refractivity contribution in [3.63, 3.8) is 0 Å². The Bertz CT molecular complexity index is 306. The highest BCUT2D eigenvalue weighted by Crippen LogP contribution is 2.12. The third-order valence-electron chi connectivity index (χ3n) is 1.06. The molecule has 0 spiro atoms. The topological polar surface area (TPSA) is 62.7 Å². The fourth-order valence-electron chi connectivity index (χ4n) is 0.574. The van der Waals surface area contributed by atoms with E-state index in [4.69, 9.17) is 11.0 Å². The summed E-state index contributed by atoms with van der Waals surface area (Å²) in [6.45, 7) is 0. The molecular formula is C6H3F2N3. The lowest BCUT2D eigenvalue weighted by Crippen LogP contribution is -1.99. The van der Waals surface area contributed by atoms with Crippen molar-refractivity contribution >= 4 is 5.69 Å². The van der Waals surface area contributed by atoms with E-state index in [2.05, 4.69) is 4.98 Å². The summed E-state index contributed by atoms with van der Waals surface area (Å²) in [5, 5.41) is 8.22. The molecule has 0 aliphatic carbocycles. The first kappa shape index (κ1) is 7.41. The summed E-state index contributed by atoms with van der Waals surface area (Å²) in [6, 6.07) is 2.51. The number of nitrogens with zero attached hydrogens (tertiary/aromatic N) is 2. The summed E-state index contributed by atoms with van der Waals surface area (Å²) in [6.07, 6.45) is 0. The number of nitrogens with two attached hydrogens (primary N) is 1. The second-order valence-corrected chi connectivity index (χ2v) is 1.81. The molecule has 0 atom stereocenters. The van der Waals surface area contributed by atoms with Gasteiger partial charge < -0.3 is 5.73 Å². The number of hydrogen-bond acceptors (Lipinski definition) is 3. The van der Waals surface area contributed by atoms with Gasteiger partial charge in [-0.15, -0.1) is 0 Å². The number of nitriles is 1. The summed E-state index contributed by atoms with van der Waals surface area (Å²) >= 11 is 0. The highest BCUT2D eigenvalue weighted by molar-refractivity contribution is 5.42. The molecule has 5 heteroatoms. The van der Waals surface area contributed by atoms with Gasteiger partial charge in [-0.2, -0.15) is 14.0 Å². The number of nitrogen functional groups attached to an aromatic ring is 1. The molecule has 1 aromatic rings. The largest absolute Gasteiger partial charge is 0.396 e. The molecule has 0 aliphatic rings. The molecule has 0 radical (unpaired) electrons. The van der Waals surface area contributed by atoms with Gasteiger partial charge in [-0.25, -0.2) is 4.98 Å². The number of halogens is 2. The van der Waals surface area contributed by atoms with E-state index in [1.54, 1.807) is 0 Å². The Morgan fingerprint density at radius 2 is 2.18 bits per heavy atom. The standard InChI is InChI=1S/C6H3F2N3/c7-5-4(10)1-3(2-9)11-6(5)8/h1H,(H2,10,11). The Labute approximate surface area is 61.1 Å². The average molecular weight is 155 g/mol. The van der Waals surface area contributed by atoms with Crippen LogP contribution in [0.15, 0.2) is 6.07 Å². The normalized spacial score (nSPS) is 9.18. The van der Waals surface area contributed by atoms with E-state index in [1.807, 2.05) is 0 Å². The van der Waals surface area contributed by atoms with Crippen LogP contribution >= 0.6 is 0 Å². The van der Waals surface area contributed by atoms with Crippen molar-refractivity contribution in [2.75, 3.05) is 5.73 Å². The molecule has 1 rings (SSSR count). The summed E-state index contributed by atoms with van der Waals surface area (Å²) in [4.78, 5) is 2.97. The van der Waals surface area contributed by atoms with Crippen LogP contribution in [-0.4, -0.2) is 4.98 Å². The minimum absolute atomic E-state index is 0.235.